The van der Waals surface area contributed by atoms with Crippen LogP contribution in [0.2, 0.25) is 0 Å². The van der Waals surface area contributed by atoms with E-state index in [-0.39, 0.29) is 18.5 Å². The van der Waals surface area contributed by atoms with Crippen LogP contribution in [0, 0.1) is 11.3 Å². The minimum absolute atomic E-state index is 0.117. The Kier molecular flexibility index (Phi) is 4.55. The second-order valence-corrected chi connectivity index (χ2v) is 3.55. The predicted octanol–water partition coefficient (Wildman–Crippen LogP) is 0.740. The molecule has 1 unspecified atom stereocenters. The number of nitriles is 1. The number of nitrogens with zero attached hydrogens (tertiary/aromatic N) is 2. The van der Waals surface area contributed by atoms with Crippen LogP contribution in [0.5, 0.6) is 0 Å². The zero-order chi connectivity index (χ0) is 12.0. The summed E-state index contributed by atoms with van der Waals surface area (Å²) in [6, 6.07) is 5.24. The molecule has 16 heavy (non-hydrogen) atoms. The van der Waals surface area contributed by atoms with E-state index in [1.165, 1.54) is 0 Å². The van der Waals surface area contributed by atoms with E-state index in [0.29, 0.717) is 12.3 Å². The normalized spacial score (nSPS) is 12.1. The number of rotatable bonds is 5. The summed E-state index contributed by atoms with van der Waals surface area (Å²) in [5.74, 6) is 0.595. The van der Waals surface area contributed by atoms with E-state index in [2.05, 4.69) is 5.32 Å². The molecule has 0 saturated carbocycles. The molecule has 0 aliphatic rings. The molecule has 86 valence electrons. The van der Waals surface area contributed by atoms with Crippen molar-refractivity contribution in [2.45, 2.75) is 19.5 Å². The predicted molar refractivity (Wildman–Crippen MR) is 58.3 cm³/mol. The minimum Gasteiger partial charge on any atom is -0.467 e. The average Bonchev–Trinajstić information content (AvgIpc) is 2.78. The summed E-state index contributed by atoms with van der Waals surface area (Å²) in [6.07, 6.45) is 1.56. The number of furan rings is 1. The number of amides is 1. The lowest BCUT2D eigenvalue weighted by atomic mass is 10.2. The number of likely N-dealkylation sites (N-methyl/N-ethyl adjacent to an activating group) is 1. The molecule has 1 rings (SSSR count). The quantitative estimate of drug-likeness (QED) is 0.744. The maximum atomic E-state index is 11.7. The van der Waals surface area contributed by atoms with Gasteiger partial charge in [-0.25, -0.2) is 0 Å². The fraction of sp³-hybridized carbons (Fsp3) is 0.455. The molecule has 1 N–H and O–H groups in total. The standard InChI is InChI=1S/C11H15N3O2/c1-9(14(2)6-5-12)11(15)13-8-10-4-3-7-16-10/h3-4,7,9H,6,8H2,1-2H3,(H,13,15). The van der Waals surface area contributed by atoms with Gasteiger partial charge in [0.1, 0.15) is 5.76 Å². The topological polar surface area (TPSA) is 69.3 Å². The van der Waals surface area contributed by atoms with Crippen LogP contribution in [-0.4, -0.2) is 30.4 Å². The smallest absolute Gasteiger partial charge is 0.237 e. The zero-order valence-corrected chi connectivity index (χ0v) is 9.43. The number of hydrogen-bond acceptors (Lipinski definition) is 4. The van der Waals surface area contributed by atoms with Crippen LogP contribution in [-0.2, 0) is 11.3 Å². The first-order chi connectivity index (χ1) is 7.65. The fourth-order valence-electron chi connectivity index (χ4n) is 1.18. The van der Waals surface area contributed by atoms with Crippen LogP contribution in [0.1, 0.15) is 12.7 Å². The molecule has 1 amide bonds. The summed E-state index contributed by atoms with van der Waals surface area (Å²) in [5.41, 5.74) is 0. The number of carbonyl (C=O) groups is 1. The van der Waals surface area contributed by atoms with E-state index in [9.17, 15) is 4.79 Å². The lowest BCUT2D eigenvalue weighted by Crippen LogP contribution is -2.43. The minimum atomic E-state index is -0.324. The van der Waals surface area contributed by atoms with E-state index in [4.69, 9.17) is 9.68 Å². The molecule has 0 fully saturated rings. The Hall–Kier alpha value is -1.80. The second kappa shape index (κ2) is 5.93. The van der Waals surface area contributed by atoms with E-state index in [1.54, 1.807) is 37.3 Å². The monoisotopic (exact) mass is 221 g/mol. The van der Waals surface area contributed by atoms with Gasteiger partial charge in [-0.2, -0.15) is 5.26 Å². The molecule has 0 spiro atoms. The summed E-state index contributed by atoms with van der Waals surface area (Å²) in [5, 5.41) is 11.2. The van der Waals surface area contributed by atoms with Gasteiger partial charge in [-0.15, -0.1) is 0 Å². The summed E-state index contributed by atoms with van der Waals surface area (Å²) >= 11 is 0. The fourth-order valence-corrected chi connectivity index (χ4v) is 1.18. The van der Waals surface area contributed by atoms with Gasteiger partial charge >= 0.3 is 0 Å². The Bertz CT molecular complexity index is 367. The van der Waals surface area contributed by atoms with Gasteiger partial charge in [0.05, 0.1) is 31.5 Å². The summed E-state index contributed by atoms with van der Waals surface area (Å²) in [7, 11) is 1.74. The Morgan fingerprint density at radius 2 is 2.50 bits per heavy atom. The SMILES string of the molecule is CC(C(=O)NCc1ccco1)N(C)CC#N. The number of carbonyl (C=O) groups excluding carboxylic acids is 1. The maximum absolute atomic E-state index is 11.7. The van der Waals surface area contributed by atoms with Crippen LogP contribution in [0.25, 0.3) is 0 Å². The van der Waals surface area contributed by atoms with Crippen molar-refractivity contribution in [2.75, 3.05) is 13.6 Å². The molecule has 0 saturated heterocycles. The highest BCUT2D eigenvalue weighted by atomic mass is 16.3. The van der Waals surface area contributed by atoms with Crippen molar-refractivity contribution in [1.29, 1.82) is 5.26 Å². The molecule has 1 aromatic rings. The van der Waals surface area contributed by atoms with Gasteiger partial charge in [-0.05, 0) is 26.1 Å². The van der Waals surface area contributed by atoms with E-state index in [0.717, 1.165) is 0 Å². The molecule has 0 bridgehead atoms. The third-order valence-corrected chi connectivity index (χ3v) is 2.38. The third-order valence-electron chi connectivity index (χ3n) is 2.38. The lowest BCUT2D eigenvalue weighted by Gasteiger charge is -2.20. The van der Waals surface area contributed by atoms with Crippen molar-refractivity contribution in [3.8, 4) is 6.07 Å². The highest BCUT2D eigenvalue weighted by molar-refractivity contribution is 5.81. The first-order valence-electron chi connectivity index (χ1n) is 5.02. The van der Waals surface area contributed by atoms with E-state index < -0.39 is 0 Å². The van der Waals surface area contributed by atoms with Crippen LogP contribution >= 0.6 is 0 Å². The van der Waals surface area contributed by atoms with Gasteiger partial charge in [0.2, 0.25) is 5.91 Å². The van der Waals surface area contributed by atoms with Gasteiger partial charge in [0, 0.05) is 0 Å². The lowest BCUT2D eigenvalue weighted by molar-refractivity contribution is -0.125. The molecule has 0 aliphatic heterocycles. The Balaban J connectivity index is 2.37. The molecule has 1 atom stereocenters. The molecule has 0 radical (unpaired) electrons. The van der Waals surface area contributed by atoms with Gasteiger partial charge in [0.25, 0.3) is 0 Å². The van der Waals surface area contributed by atoms with Crippen molar-refractivity contribution in [3.63, 3.8) is 0 Å². The number of hydrogen-bond donors (Lipinski definition) is 1. The van der Waals surface area contributed by atoms with Crippen LogP contribution in [0.15, 0.2) is 22.8 Å². The van der Waals surface area contributed by atoms with Crippen molar-refractivity contribution in [3.05, 3.63) is 24.2 Å². The molecular formula is C11H15N3O2. The average molecular weight is 221 g/mol. The van der Waals surface area contributed by atoms with Crippen molar-refractivity contribution >= 4 is 5.91 Å². The molecule has 1 aromatic heterocycles. The molecule has 1 heterocycles. The summed E-state index contributed by atoms with van der Waals surface area (Å²) < 4.78 is 5.09. The van der Waals surface area contributed by atoms with Gasteiger partial charge in [0.15, 0.2) is 0 Å². The molecule has 0 aromatic carbocycles. The first kappa shape index (κ1) is 12.3. The van der Waals surface area contributed by atoms with Gasteiger partial charge in [-0.3, -0.25) is 9.69 Å². The van der Waals surface area contributed by atoms with Crippen molar-refractivity contribution < 1.29 is 9.21 Å². The molecule has 5 nitrogen and oxygen atoms in total. The van der Waals surface area contributed by atoms with Gasteiger partial charge < -0.3 is 9.73 Å². The van der Waals surface area contributed by atoms with Crippen molar-refractivity contribution in [1.82, 2.24) is 10.2 Å². The summed E-state index contributed by atoms with van der Waals surface area (Å²) in [6.45, 7) is 2.36. The Labute approximate surface area is 94.6 Å². The molecule has 5 heteroatoms. The second-order valence-electron chi connectivity index (χ2n) is 3.55. The van der Waals surface area contributed by atoms with E-state index in [1.807, 2.05) is 6.07 Å². The largest absolute Gasteiger partial charge is 0.467 e. The van der Waals surface area contributed by atoms with Crippen LogP contribution in [0.4, 0.5) is 0 Å². The maximum Gasteiger partial charge on any atom is 0.237 e. The summed E-state index contributed by atoms with van der Waals surface area (Å²) in [4.78, 5) is 13.3. The van der Waals surface area contributed by atoms with E-state index >= 15 is 0 Å². The highest BCUT2D eigenvalue weighted by Gasteiger charge is 2.17. The van der Waals surface area contributed by atoms with Gasteiger partial charge in [-0.1, -0.05) is 0 Å². The molecular weight excluding hydrogens is 206 g/mol. The first-order valence-corrected chi connectivity index (χ1v) is 5.02. The molecule has 0 aliphatic carbocycles. The third kappa shape index (κ3) is 3.41. The Morgan fingerprint density at radius 3 is 3.06 bits per heavy atom. The number of nitrogens with one attached hydrogen (secondary N) is 1. The highest BCUT2D eigenvalue weighted by Crippen LogP contribution is 2.00. The van der Waals surface area contributed by atoms with Crippen molar-refractivity contribution in [2.24, 2.45) is 0 Å². The Morgan fingerprint density at radius 1 is 1.75 bits per heavy atom. The van der Waals surface area contributed by atoms with Crippen LogP contribution in [0.3, 0.4) is 0 Å². The van der Waals surface area contributed by atoms with Crippen LogP contribution < -0.4 is 5.32 Å². The zero-order valence-electron chi connectivity index (χ0n) is 9.43.